The van der Waals surface area contributed by atoms with E-state index in [1.807, 2.05) is 0 Å². The third-order valence-corrected chi connectivity index (χ3v) is 27.0. The van der Waals surface area contributed by atoms with E-state index in [1.54, 1.807) is 0 Å². The molecule has 106 heavy (non-hydrogen) atoms. The summed E-state index contributed by atoms with van der Waals surface area (Å²) in [6.45, 7) is 8.36. The second-order valence-corrected chi connectivity index (χ2v) is 39.0. The van der Waals surface area contributed by atoms with E-state index in [4.69, 9.17) is 9.47 Å². The Bertz CT molecular complexity index is 3640. The van der Waals surface area contributed by atoms with E-state index in [9.17, 15) is 80.9 Å². The van der Waals surface area contributed by atoms with Gasteiger partial charge in [0.05, 0.1) is 59.0 Å². The van der Waals surface area contributed by atoms with Crippen molar-refractivity contribution < 1.29 is 144 Å². The summed E-state index contributed by atoms with van der Waals surface area (Å²) in [5.74, 6) is -11.4. The summed E-state index contributed by atoms with van der Waals surface area (Å²) in [5.41, 5.74) is 2.76. The number of aryl methyl sites for hydroxylation is 4. The number of benzene rings is 6. The Morgan fingerprint density at radius 2 is 0.689 bits per heavy atom. The number of rotatable bonds is 20. The van der Waals surface area contributed by atoms with Crippen LogP contribution in [-0.2, 0) is 115 Å². The first kappa shape index (κ1) is 96.8. The molecular weight excluding hydrogens is 1910 g/mol. The van der Waals surface area contributed by atoms with Crippen molar-refractivity contribution in [3.05, 3.63) is 175 Å². The Balaban J connectivity index is 0.000000291. The van der Waals surface area contributed by atoms with Gasteiger partial charge in [0.1, 0.15) is 0 Å². The Kier molecular flexibility index (Phi) is 37.1. The minimum Gasteiger partial charge on any atom is -1.00 e. The van der Waals surface area contributed by atoms with Gasteiger partial charge >= 0.3 is 63.9 Å². The van der Waals surface area contributed by atoms with Gasteiger partial charge in [0.25, 0.3) is 0 Å². The fourth-order valence-corrected chi connectivity index (χ4v) is 21.3. The minimum absolute atomic E-state index is 0. The molecule has 578 valence electrons. The molecule has 2 N–H and O–H groups in total. The van der Waals surface area contributed by atoms with Gasteiger partial charge in [0.15, 0.2) is 49.6 Å². The first-order valence-electron chi connectivity index (χ1n) is 32.6. The van der Waals surface area contributed by atoms with Crippen LogP contribution in [0.2, 0.25) is 0 Å². The monoisotopic (exact) mass is 1990 g/mol. The van der Waals surface area contributed by atoms with Gasteiger partial charge in [-0.1, -0.05) is 78.2 Å². The summed E-state index contributed by atoms with van der Waals surface area (Å²) >= 11 is 20.3. The molecule has 0 spiro atoms. The van der Waals surface area contributed by atoms with Gasteiger partial charge in [-0.25, -0.2) is 16.8 Å². The largest absolute Gasteiger partial charge is 1.00 e. The van der Waals surface area contributed by atoms with Crippen LogP contribution < -0.4 is 53.5 Å². The summed E-state index contributed by atoms with van der Waals surface area (Å²) < 4.78 is 180. The average Bonchev–Trinajstić information content (AvgIpc) is 0.722. The Hall–Kier alpha value is -1.57. The van der Waals surface area contributed by atoms with Crippen molar-refractivity contribution >= 4 is 153 Å². The molecule has 0 heterocycles. The molecule has 8 saturated carbocycles. The number of esters is 2. The Labute approximate surface area is 711 Å². The first-order valence-corrected chi connectivity index (χ1v) is 44.0. The van der Waals surface area contributed by atoms with Gasteiger partial charge in [-0.15, -0.1) is 0 Å². The molecule has 6 aromatic rings. The first-order chi connectivity index (χ1) is 48.0. The SMILES string of the molecule is C.Cc1ccc([S+](c2ccc(C)cc2)c2ccc(I)cc2)cc1.Cc1ccc([S+](c2ccc(C)cc2)c2ccc(I)cc2)cc1.O=C(CCC(F)(F)C(F)(F)S(=O)(=O)[O-])OCC12CC3CC(CC(O)(C3)C1)C2.O=C(CCC(F)(F)C(F)(F)S(=O)(=O)[O-])OCC12CC3CC(CC(O)(C3)C1)C2.S=S.S=S=S.[I-].[Na+]. The molecule has 0 radical (unpaired) electrons. The fraction of sp³-hybridized carbons (Fsp3) is 0.479. The zero-order valence-electron chi connectivity index (χ0n) is 57.7. The van der Waals surface area contributed by atoms with Crippen molar-refractivity contribution in [3.8, 4) is 0 Å². The number of hydrogen-bond acceptors (Lipinski definition) is 16. The molecule has 14 rings (SSSR count). The van der Waals surface area contributed by atoms with Gasteiger partial charge in [-0.2, -0.15) is 35.1 Å². The number of ether oxygens (including phenoxy) is 2. The van der Waals surface area contributed by atoms with Crippen LogP contribution in [0.15, 0.2) is 175 Å². The third kappa shape index (κ3) is 25.7. The number of carbonyl (C=O) groups excluding carboxylic acids is 2. The molecular formula is C73H82F8I3NaO12S9. The Morgan fingerprint density at radius 3 is 0.887 bits per heavy atom. The number of alkyl halides is 8. The van der Waals surface area contributed by atoms with Crippen molar-refractivity contribution in [1.82, 2.24) is 0 Å². The van der Waals surface area contributed by atoms with Gasteiger partial charge < -0.3 is 52.8 Å². The second kappa shape index (κ2) is 40.6. The molecule has 6 aromatic carbocycles. The molecule has 0 amide bonds. The number of aliphatic hydroxyl groups is 2. The molecule has 8 bridgehead atoms. The molecule has 0 aromatic heterocycles. The molecule has 8 fully saturated rings. The van der Waals surface area contributed by atoms with Gasteiger partial charge in [-0.3, -0.25) is 9.59 Å². The zero-order valence-corrected chi connectivity index (χ0v) is 73.5. The third-order valence-electron chi connectivity index (χ3n) is 19.3. The van der Waals surface area contributed by atoms with E-state index >= 15 is 0 Å². The molecule has 0 aliphatic heterocycles. The normalized spacial score (nSPS) is 23.1. The van der Waals surface area contributed by atoms with Crippen LogP contribution in [0.5, 0.6) is 0 Å². The maximum Gasteiger partial charge on any atom is 1.00 e. The van der Waals surface area contributed by atoms with Crippen molar-refractivity contribution in [1.29, 1.82) is 0 Å². The van der Waals surface area contributed by atoms with Gasteiger partial charge in [0.2, 0.25) is 0 Å². The number of halogens is 11. The van der Waals surface area contributed by atoms with Crippen molar-refractivity contribution in [3.63, 3.8) is 0 Å². The quantitative estimate of drug-likeness (QED) is 0.0182. The second-order valence-electron chi connectivity index (χ2n) is 27.9. The molecule has 4 unspecified atom stereocenters. The molecule has 8 aliphatic rings. The van der Waals surface area contributed by atoms with Crippen molar-refractivity contribution in [2.24, 2.45) is 34.5 Å². The minimum atomic E-state index is -6.57. The predicted molar refractivity (Wildman–Crippen MR) is 415 cm³/mol. The fourth-order valence-electron chi connectivity index (χ4n) is 15.6. The standard InChI is InChI=1S/2C20H18IS.2C16H22F4O6S.CH4.HI.Na.S3.S2/c2*1-15-3-9-18(10-4-15)22(19-11-5-16(2)6-12-19)20-13-7-17(21)8-14-20;2*17-15(18,16(19,20)27(23,24)25)2-1-12(21)26-9-13-4-10-3-11(5-13)7-14(22,6-10)8-13;;;;1-3-2;1-2/h2*3-14H,1-2H3;2*10-11,22H,1-9H2,(H,23,24,25);1H4;1H;;;/q2*+1;;;;;+1;;/p-3. The number of carbonyl (C=O) groups is 2. The summed E-state index contributed by atoms with van der Waals surface area (Å²) in [7, 11) is -12.3. The van der Waals surface area contributed by atoms with E-state index in [0.29, 0.717) is 62.2 Å². The van der Waals surface area contributed by atoms with Crippen LogP contribution in [0.3, 0.4) is 0 Å². The topological polar surface area (TPSA) is 207 Å². The van der Waals surface area contributed by atoms with E-state index in [-0.39, 0.29) is 96.0 Å². The van der Waals surface area contributed by atoms with Gasteiger partial charge in [0, 0.05) is 84.4 Å². The van der Waals surface area contributed by atoms with Crippen LogP contribution in [0.25, 0.3) is 0 Å². The van der Waals surface area contributed by atoms with Crippen LogP contribution in [0.1, 0.15) is 132 Å². The summed E-state index contributed by atoms with van der Waals surface area (Å²) in [5, 5.41) is 9.59. The molecule has 4 atom stereocenters. The maximum absolute atomic E-state index is 13.4. The Morgan fingerprint density at radius 1 is 0.481 bits per heavy atom. The van der Waals surface area contributed by atoms with E-state index in [1.165, 1.54) is 58.8 Å². The van der Waals surface area contributed by atoms with Crippen molar-refractivity contribution in [2.45, 2.75) is 201 Å². The molecule has 12 nitrogen and oxygen atoms in total. The van der Waals surface area contributed by atoms with E-state index in [2.05, 4.69) is 263 Å². The van der Waals surface area contributed by atoms with Crippen LogP contribution in [-0.4, -0.2) is 94.9 Å². The summed E-state index contributed by atoms with van der Waals surface area (Å²) in [4.78, 5) is 31.7. The van der Waals surface area contributed by atoms with Crippen LogP contribution in [0.4, 0.5) is 35.1 Å². The van der Waals surface area contributed by atoms with E-state index < -0.39 is 102 Å². The summed E-state index contributed by atoms with van der Waals surface area (Å²) in [6, 6.07) is 53.5. The molecule has 0 saturated heterocycles. The van der Waals surface area contributed by atoms with Crippen LogP contribution >= 0.6 is 45.2 Å². The zero-order chi connectivity index (χ0) is 76.4. The molecule has 33 heteroatoms. The number of hydrogen-bond donors (Lipinski definition) is 2. The summed E-state index contributed by atoms with van der Waals surface area (Å²) in [6.07, 6.45) is 2.77. The smallest absolute Gasteiger partial charge is 1.00 e. The molecule has 8 aliphatic carbocycles. The van der Waals surface area contributed by atoms with E-state index in [0.717, 1.165) is 47.4 Å². The van der Waals surface area contributed by atoms with Crippen LogP contribution in [0, 0.1) is 69.3 Å². The van der Waals surface area contributed by atoms with Gasteiger partial charge in [-0.05, 0) is 271 Å². The average molecular weight is 2000 g/mol. The van der Waals surface area contributed by atoms with Crippen molar-refractivity contribution in [2.75, 3.05) is 13.2 Å². The maximum atomic E-state index is 13.4. The predicted octanol–water partition coefficient (Wildman–Crippen LogP) is 11.5.